The molecule has 4 heteroatoms. The van der Waals surface area contributed by atoms with E-state index in [0.29, 0.717) is 17.0 Å². The Morgan fingerprint density at radius 3 is 2.16 bits per heavy atom. The van der Waals surface area contributed by atoms with Crippen LogP contribution in [-0.4, -0.2) is 11.8 Å². The molecule has 0 bridgehead atoms. The first-order valence-corrected chi connectivity index (χ1v) is 11.1. The molecule has 1 aliphatic heterocycles. The molecule has 1 heterocycles. The second kappa shape index (κ2) is 9.23. The topological polar surface area (TPSA) is 49.4 Å². The third-order valence-corrected chi connectivity index (χ3v) is 5.84. The lowest BCUT2D eigenvalue weighted by molar-refractivity contribution is -0.120. The molecule has 0 fully saturated rings. The maximum Gasteiger partial charge on any atom is 0.282 e. The number of nitrogens with zero attached hydrogens (tertiary/aromatic N) is 1. The molecule has 2 amide bonds. The van der Waals surface area contributed by atoms with Crippen molar-refractivity contribution in [3.8, 4) is 0 Å². The molecule has 0 radical (unpaired) electrons. The molecule has 1 N–H and O–H groups in total. The number of hydrogen-bond donors (Lipinski definition) is 1. The van der Waals surface area contributed by atoms with Crippen LogP contribution in [-0.2, 0) is 16.0 Å². The van der Waals surface area contributed by atoms with Gasteiger partial charge in [0.2, 0.25) is 0 Å². The van der Waals surface area contributed by atoms with Crippen molar-refractivity contribution >= 4 is 28.8 Å². The van der Waals surface area contributed by atoms with Crippen molar-refractivity contribution in [2.24, 2.45) is 0 Å². The van der Waals surface area contributed by atoms with Gasteiger partial charge in [-0.3, -0.25) is 9.59 Å². The minimum atomic E-state index is -0.338. The summed E-state index contributed by atoms with van der Waals surface area (Å²) in [4.78, 5) is 28.4. The molecule has 32 heavy (non-hydrogen) atoms. The van der Waals surface area contributed by atoms with Crippen LogP contribution in [0.5, 0.6) is 0 Å². The number of benzene rings is 3. The van der Waals surface area contributed by atoms with Gasteiger partial charge in [-0.15, -0.1) is 0 Å². The van der Waals surface area contributed by atoms with E-state index in [-0.39, 0.29) is 11.8 Å². The van der Waals surface area contributed by atoms with E-state index in [1.165, 1.54) is 10.5 Å². The zero-order valence-electron chi connectivity index (χ0n) is 18.8. The fourth-order valence-corrected chi connectivity index (χ4v) is 3.91. The van der Waals surface area contributed by atoms with Crippen LogP contribution in [0.4, 0.5) is 11.4 Å². The number of imide groups is 1. The third kappa shape index (κ3) is 4.22. The Hall–Kier alpha value is -3.66. The van der Waals surface area contributed by atoms with E-state index in [1.807, 2.05) is 86.6 Å². The van der Waals surface area contributed by atoms with Crippen LogP contribution in [0.3, 0.4) is 0 Å². The van der Waals surface area contributed by atoms with E-state index in [4.69, 9.17) is 0 Å². The van der Waals surface area contributed by atoms with Gasteiger partial charge in [-0.2, -0.15) is 0 Å². The standard InChI is InChI=1S/C28H28N2O2/c1-4-5-9-21-13-17-23(18-14-21)30-27(31)25(22-15-11-19(2)12-16-22)26(28(30)32)29-24-10-7-6-8-20(24)3/h6-8,10-18,29H,4-5,9H2,1-3H3. The van der Waals surface area contributed by atoms with Crippen molar-refractivity contribution in [1.82, 2.24) is 0 Å². The lowest BCUT2D eigenvalue weighted by atomic mass is 10.0. The van der Waals surface area contributed by atoms with Crippen LogP contribution in [0.15, 0.2) is 78.5 Å². The number of carbonyl (C=O) groups excluding carboxylic acids is 2. The van der Waals surface area contributed by atoms with Gasteiger partial charge in [-0.1, -0.05) is 73.5 Å². The molecule has 1 aliphatic rings. The Morgan fingerprint density at radius 1 is 0.812 bits per heavy atom. The Kier molecular flexibility index (Phi) is 6.22. The summed E-state index contributed by atoms with van der Waals surface area (Å²) in [5.41, 5.74) is 6.14. The van der Waals surface area contributed by atoms with E-state index < -0.39 is 0 Å². The first-order valence-electron chi connectivity index (χ1n) is 11.1. The smallest absolute Gasteiger partial charge is 0.282 e. The minimum Gasteiger partial charge on any atom is -0.350 e. The zero-order valence-corrected chi connectivity index (χ0v) is 18.8. The van der Waals surface area contributed by atoms with Crippen molar-refractivity contribution < 1.29 is 9.59 Å². The highest BCUT2D eigenvalue weighted by Crippen LogP contribution is 2.34. The largest absolute Gasteiger partial charge is 0.350 e. The van der Waals surface area contributed by atoms with Crippen molar-refractivity contribution in [3.63, 3.8) is 0 Å². The number of rotatable bonds is 7. The van der Waals surface area contributed by atoms with Gasteiger partial charge in [-0.25, -0.2) is 4.90 Å². The Labute approximate surface area is 189 Å². The molecule has 0 saturated heterocycles. The van der Waals surface area contributed by atoms with E-state index in [9.17, 15) is 9.59 Å². The summed E-state index contributed by atoms with van der Waals surface area (Å²) in [7, 11) is 0. The number of aryl methyl sites for hydroxylation is 3. The van der Waals surface area contributed by atoms with Crippen molar-refractivity contribution in [2.45, 2.75) is 40.0 Å². The van der Waals surface area contributed by atoms with Crippen LogP contribution in [0, 0.1) is 13.8 Å². The van der Waals surface area contributed by atoms with Gasteiger partial charge >= 0.3 is 0 Å². The molecule has 162 valence electrons. The van der Waals surface area contributed by atoms with Crippen molar-refractivity contribution in [2.75, 3.05) is 10.2 Å². The molecule has 3 aromatic rings. The third-order valence-electron chi connectivity index (χ3n) is 5.84. The Balaban J connectivity index is 1.74. The van der Waals surface area contributed by atoms with Gasteiger partial charge in [0, 0.05) is 5.69 Å². The average molecular weight is 425 g/mol. The highest BCUT2D eigenvalue weighted by molar-refractivity contribution is 6.46. The molecule has 0 unspecified atom stereocenters. The summed E-state index contributed by atoms with van der Waals surface area (Å²) in [5, 5.41) is 3.26. The summed E-state index contributed by atoms with van der Waals surface area (Å²) >= 11 is 0. The predicted octanol–water partition coefficient (Wildman–Crippen LogP) is 6.04. The predicted molar refractivity (Wildman–Crippen MR) is 130 cm³/mol. The monoisotopic (exact) mass is 424 g/mol. The van der Waals surface area contributed by atoms with Gasteiger partial charge < -0.3 is 5.32 Å². The summed E-state index contributed by atoms with van der Waals surface area (Å²) < 4.78 is 0. The van der Waals surface area contributed by atoms with E-state index in [1.54, 1.807) is 0 Å². The van der Waals surface area contributed by atoms with E-state index in [0.717, 1.165) is 41.6 Å². The lowest BCUT2D eigenvalue weighted by Crippen LogP contribution is -2.32. The highest BCUT2D eigenvalue weighted by Gasteiger charge is 2.40. The van der Waals surface area contributed by atoms with Crippen LogP contribution in [0.25, 0.3) is 5.57 Å². The number of unbranched alkanes of at least 4 members (excludes halogenated alkanes) is 1. The van der Waals surface area contributed by atoms with E-state index in [2.05, 4.69) is 12.2 Å². The summed E-state index contributed by atoms with van der Waals surface area (Å²) in [6.45, 7) is 6.14. The van der Waals surface area contributed by atoms with Gasteiger partial charge in [0.15, 0.2) is 0 Å². The molecule has 4 rings (SSSR count). The van der Waals surface area contributed by atoms with Crippen LogP contribution in [0.1, 0.15) is 42.0 Å². The highest BCUT2D eigenvalue weighted by atomic mass is 16.2. The SMILES string of the molecule is CCCCc1ccc(N2C(=O)C(Nc3ccccc3C)=C(c3ccc(C)cc3)C2=O)cc1. The summed E-state index contributed by atoms with van der Waals surface area (Å²) in [6.07, 6.45) is 3.23. The number of carbonyl (C=O) groups is 2. The Morgan fingerprint density at radius 2 is 1.50 bits per heavy atom. The molecule has 0 aromatic heterocycles. The minimum absolute atomic E-state index is 0.309. The number of hydrogen-bond acceptors (Lipinski definition) is 3. The second-order valence-electron chi connectivity index (χ2n) is 8.27. The number of para-hydroxylation sites is 1. The van der Waals surface area contributed by atoms with Crippen LogP contribution in [0.2, 0.25) is 0 Å². The molecule has 4 nitrogen and oxygen atoms in total. The number of amides is 2. The molecule has 0 atom stereocenters. The first-order chi connectivity index (χ1) is 15.5. The molecular formula is C28H28N2O2. The first kappa shape index (κ1) is 21.6. The molecular weight excluding hydrogens is 396 g/mol. The fraction of sp³-hybridized carbons (Fsp3) is 0.214. The maximum atomic E-state index is 13.6. The van der Waals surface area contributed by atoms with Crippen molar-refractivity contribution in [1.29, 1.82) is 0 Å². The van der Waals surface area contributed by atoms with Crippen LogP contribution < -0.4 is 10.2 Å². The van der Waals surface area contributed by atoms with Gasteiger partial charge in [0.05, 0.1) is 11.3 Å². The zero-order chi connectivity index (χ0) is 22.7. The van der Waals surface area contributed by atoms with Crippen LogP contribution >= 0.6 is 0 Å². The number of anilines is 2. The molecule has 0 saturated carbocycles. The van der Waals surface area contributed by atoms with Gasteiger partial charge in [0.1, 0.15) is 5.70 Å². The van der Waals surface area contributed by atoms with E-state index >= 15 is 0 Å². The molecule has 3 aromatic carbocycles. The second-order valence-corrected chi connectivity index (χ2v) is 8.27. The van der Waals surface area contributed by atoms with Gasteiger partial charge in [0.25, 0.3) is 11.8 Å². The summed E-state index contributed by atoms with van der Waals surface area (Å²) in [6, 6.07) is 23.2. The normalized spacial score (nSPS) is 13.8. The lowest BCUT2D eigenvalue weighted by Gasteiger charge is -2.16. The Bertz CT molecular complexity index is 1170. The fourth-order valence-electron chi connectivity index (χ4n) is 3.91. The number of nitrogens with one attached hydrogen (secondary N) is 1. The summed E-state index contributed by atoms with van der Waals surface area (Å²) in [5.74, 6) is -0.647. The maximum absolute atomic E-state index is 13.6. The molecule has 0 spiro atoms. The van der Waals surface area contributed by atoms with Crippen molar-refractivity contribution in [3.05, 3.63) is 101 Å². The average Bonchev–Trinajstić information content (AvgIpc) is 3.04. The van der Waals surface area contributed by atoms with Gasteiger partial charge in [-0.05, 0) is 61.6 Å². The quantitative estimate of drug-likeness (QED) is 0.470. The molecule has 0 aliphatic carbocycles.